The van der Waals surface area contributed by atoms with Gasteiger partial charge in [0.15, 0.2) is 0 Å². The van der Waals surface area contributed by atoms with E-state index in [0.29, 0.717) is 11.3 Å². The summed E-state index contributed by atoms with van der Waals surface area (Å²) >= 11 is 4.76. The van der Waals surface area contributed by atoms with Crippen LogP contribution in [0.2, 0.25) is 0 Å². The molecule has 1 aromatic carbocycles. The van der Waals surface area contributed by atoms with E-state index in [2.05, 4.69) is 5.32 Å². The zero-order valence-corrected chi connectivity index (χ0v) is 9.38. The first-order valence-corrected chi connectivity index (χ1v) is 4.91. The van der Waals surface area contributed by atoms with Gasteiger partial charge in [-0.1, -0.05) is 18.3 Å². The molecule has 0 aromatic heterocycles. The van der Waals surface area contributed by atoms with Crippen LogP contribution in [0.15, 0.2) is 18.2 Å². The van der Waals surface area contributed by atoms with Crippen molar-refractivity contribution >= 4 is 22.9 Å². The molecule has 0 radical (unpaired) electrons. The van der Waals surface area contributed by atoms with Gasteiger partial charge in [-0.05, 0) is 24.6 Å². The minimum Gasteiger partial charge on any atom is -0.389 e. The number of nitrogens with one attached hydrogen (secondary N) is 1. The minimum atomic E-state index is -4.27. The molecule has 1 rings (SSSR count). The molecule has 0 bridgehead atoms. The number of hydrogen-bond donors (Lipinski definition) is 2. The number of halogens is 3. The van der Waals surface area contributed by atoms with E-state index in [1.807, 2.05) is 0 Å². The maximum atomic E-state index is 12.0. The molecule has 0 saturated heterocycles. The number of hydrogen-bond acceptors (Lipinski definition) is 2. The average Bonchev–Trinajstić information content (AvgIpc) is 2.13. The Morgan fingerprint density at radius 3 is 2.56 bits per heavy atom. The van der Waals surface area contributed by atoms with E-state index in [1.54, 1.807) is 25.1 Å². The minimum absolute atomic E-state index is 0.0738. The van der Waals surface area contributed by atoms with Gasteiger partial charge in [-0.15, -0.1) is 0 Å². The number of anilines is 1. The molecule has 16 heavy (non-hydrogen) atoms. The Hall–Kier alpha value is -1.30. The van der Waals surface area contributed by atoms with Crippen LogP contribution in [0.3, 0.4) is 0 Å². The number of alkyl halides is 3. The lowest BCUT2D eigenvalue weighted by Gasteiger charge is -2.13. The zero-order valence-electron chi connectivity index (χ0n) is 8.56. The SMILES string of the molecule is Cc1ccc(C(N)=S)c(NCC(F)(F)F)c1. The highest BCUT2D eigenvalue weighted by Crippen LogP contribution is 2.21. The lowest BCUT2D eigenvalue weighted by atomic mass is 10.1. The van der Waals surface area contributed by atoms with Crippen LogP contribution in [0.4, 0.5) is 18.9 Å². The molecular weight excluding hydrogens is 237 g/mol. The Labute approximate surface area is 96.6 Å². The molecule has 0 aliphatic heterocycles. The molecule has 0 aliphatic carbocycles. The van der Waals surface area contributed by atoms with Crippen LogP contribution >= 0.6 is 12.2 Å². The van der Waals surface area contributed by atoms with Crippen LogP contribution in [0.25, 0.3) is 0 Å². The first-order chi connectivity index (χ1) is 7.29. The highest BCUT2D eigenvalue weighted by Gasteiger charge is 2.27. The second-order valence-electron chi connectivity index (χ2n) is 3.38. The summed E-state index contributed by atoms with van der Waals surface area (Å²) in [6.45, 7) is 0.675. The van der Waals surface area contributed by atoms with Crippen molar-refractivity contribution in [3.63, 3.8) is 0 Å². The van der Waals surface area contributed by atoms with Crippen molar-refractivity contribution in [2.24, 2.45) is 5.73 Å². The molecule has 0 saturated carbocycles. The van der Waals surface area contributed by atoms with Crippen molar-refractivity contribution in [2.45, 2.75) is 13.1 Å². The van der Waals surface area contributed by atoms with Gasteiger partial charge in [0.2, 0.25) is 0 Å². The predicted octanol–water partition coefficient (Wildman–Crippen LogP) is 2.60. The third-order valence-corrected chi connectivity index (χ3v) is 2.14. The number of benzene rings is 1. The number of nitrogens with two attached hydrogens (primary N) is 1. The summed E-state index contributed by atoms with van der Waals surface area (Å²) in [6, 6.07) is 4.93. The van der Waals surface area contributed by atoms with Crippen molar-refractivity contribution in [1.29, 1.82) is 0 Å². The highest BCUT2D eigenvalue weighted by atomic mass is 32.1. The molecule has 88 valence electrons. The van der Waals surface area contributed by atoms with Gasteiger partial charge in [-0.2, -0.15) is 13.2 Å². The van der Waals surface area contributed by atoms with Crippen molar-refractivity contribution < 1.29 is 13.2 Å². The van der Waals surface area contributed by atoms with Gasteiger partial charge in [0.05, 0.1) is 0 Å². The number of thiocarbonyl (C=S) groups is 1. The van der Waals surface area contributed by atoms with E-state index < -0.39 is 12.7 Å². The fourth-order valence-electron chi connectivity index (χ4n) is 1.21. The van der Waals surface area contributed by atoms with Gasteiger partial charge in [-0.3, -0.25) is 0 Å². The number of aryl methyl sites for hydroxylation is 1. The average molecular weight is 248 g/mol. The van der Waals surface area contributed by atoms with Gasteiger partial charge in [-0.25, -0.2) is 0 Å². The fraction of sp³-hybridized carbons (Fsp3) is 0.300. The molecule has 0 spiro atoms. The fourth-order valence-corrected chi connectivity index (χ4v) is 1.39. The Kier molecular flexibility index (Phi) is 3.74. The van der Waals surface area contributed by atoms with Crippen LogP contribution in [-0.4, -0.2) is 17.7 Å². The summed E-state index contributed by atoms with van der Waals surface area (Å²) in [4.78, 5) is 0.0738. The zero-order chi connectivity index (χ0) is 12.3. The first-order valence-electron chi connectivity index (χ1n) is 4.50. The van der Waals surface area contributed by atoms with Crippen LogP contribution in [0.1, 0.15) is 11.1 Å². The lowest BCUT2D eigenvalue weighted by molar-refractivity contribution is -0.115. The summed E-state index contributed by atoms with van der Waals surface area (Å²) in [7, 11) is 0. The molecule has 0 unspecified atom stereocenters. The lowest BCUT2D eigenvalue weighted by Crippen LogP contribution is -2.23. The summed E-state index contributed by atoms with van der Waals surface area (Å²) in [5.74, 6) is 0. The van der Waals surface area contributed by atoms with Crippen LogP contribution in [-0.2, 0) is 0 Å². The largest absolute Gasteiger partial charge is 0.405 e. The van der Waals surface area contributed by atoms with Crippen LogP contribution in [0, 0.1) is 6.92 Å². The molecule has 0 aliphatic rings. The summed E-state index contributed by atoms with van der Waals surface area (Å²) in [5.41, 5.74) is 6.98. The highest BCUT2D eigenvalue weighted by molar-refractivity contribution is 7.80. The third-order valence-electron chi connectivity index (χ3n) is 1.92. The van der Waals surface area contributed by atoms with Gasteiger partial charge < -0.3 is 11.1 Å². The van der Waals surface area contributed by atoms with Gasteiger partial charge in [0.25, 0.3) is 0 Å². The van der Waals surface area contributed by atoms with E-state index in [0.717, 1.165) is 5.56 Å². The molecule has 2 nitrogen and oxygen atoms in total. The third kappa shape index (κ3) is 3.69. The van der Waals surface area contributed by atoms with Crippen molar-refractivity contribution in [1.82, 2.24) is 0 Å². The van der Waals surface area contributed by atoms with Crippen molar-refractivity contribution in [3.8, 4) is 0 Å². The standard InChI is InChI=1S/C10H11F3N2S/c1-6-2-3-7(9(14)16)8(4-6)15-5-10(11,12)13/h2-4,15H,5H2,1H3,(H2,14,16). The molecular formula is C10H11F3N2S. The maximum Gasteiger partial charge on any atom is 0.405 e. The van der Waals surface area contributed by atoms with Gasteiger partial charge in [0, 0.05) is 11.3 Å². The summed E-state index contributed by atoms with van der Waals surface area (Å²) in [6.07, 6.45) is -4.27. The van der Waals surface area contributed by atoms with E-state index in [-0.39, 0.29) is 4.99 Å². The molecule has 0 fully saturated rings. The molecule has 0 amide bonds. The van der Waals surface area contributed by atoms with Crippen LogP contribution in [0.5, 0.6) is 0 Å². The molecule has 0 heterocycles. The Morgan fingerprint density at radius 1 is 1.44 bits per heavy atom. The predicted molar refractivity (Wildman–Crippen MR) is 61.6 cm³/mol. The van der Waals surface area contributed by atoms with Gasteiger partial charge >= 0.3 is 6.18 Å². The molecule has 1 aromatic rings. The monoisotopic (exact) mass is 248 g/mol. The smallest absolute Gasteiger partial charge is 0.389 e. The Morgan fingerprint density at radius 2 is 2.06 bits per heavy atom. The van der Waals surface area contributed by atoms with E-state index in [4.69, 9.17) is 18.0 Å². The second kappa shape index (κ2) is 4.69. The Balaban J connectivity index is 2.93. The summed E-state index contributed by atoms with van der Waals surface area (Å²) < 4.78 is 36.1. The Bertz CT molecular complexity index is 402. The summed E-state index contributed by atoms with van der Waals surface area (Å²) in [5, 5.41) is 2.28. The van der Waals surface area contributed by atoms with Crippen molar-refractivity contribution in [3.05, 3.63) is 29.3 Å². The van der Waals surface area contributed by atoms with E-state index in [1.165, 1.54) is 0 Å². The van der Waals surface area contributed by atoms with Crippen LogP contribution < -0.4 is 11.1 Å². The number of rotatable bonds is 3. The molecule has 0 atom stereocenters. The molecule has 3 N–H and O–H groups in total. The second-order valence-corrected chi connectivity index (χ2v) is 3.82. The quantitative estimate of drug-likeness (QED) is 0.807. The van der Waals surface area contributed by atoms with E-state index in [9.17, 15) is 13.2 Å². The normalized spacial score (nSPS) is 11.2. The topological polar surface area (TPSA) is 38.0 Å². The van der Waals surface area contributed by atoms with Crippen molar-refractivity contribution in [2.75, 3.05) is 11.9 Å². The molecule has 6 heteroatoms. The van der Waals surface area contributed by atoms with Gasteiger partial charge in [0.1, 0.15) is 11.5 Å². The maximum absolute atomic E-state index is 12.0. The van der Waals surface area contributed by atoms with E-state index >= 15 is 0 Å². The first kappa shape index (κ1) is 12.8.